The lowest BCUT2D eigenvalue weighted by atomic mass is 10.2. The minimum Gasteiger partial charge on any atom is -0.384 e. The molecule has 7 heteroatoms. The SMILES string of the molecule is O=C(CCNc1cccc(F)c1)Nc1cccc(C(F)(F)F)c1. The molecule has 0 aliphatic heterocycles. The normalized spacial score (nSPS) is 11.1. The van der Waals surface area contributed by atoms with E-state index < -0.39 is 23.5 Å². The number of amides is 1. The van der Waals surface area contributed by atoms with Gasteiger partial charge < -0.3 is 10.6 Å². The van der Waals surface area contributed by atoms with Crippen molar-refractivity contribution in [3.63, 3.8) is 0 Å². The van der Waals surface area contributed by atoms with E-state index in [0.717, 1.165) is 12.1 Å². The lowest BCUT2D eigenvalue weighted by molar-refractivity contribution is -0.137. The second-order valence-corrected chi connectivity index (χ2v) is 4.81. The number of carbonyl (C=O) groups is 1. The summed E-state index contributed by atoms with van der Waals surface area (Å²) < 4.78 is 50.7. The summed E-state index contributed by atoms with van der Waals surface area (Å²) in [5, 5.41) is 5.26. The van der Waals surface area contributed by atoms with Crippen molar-refractivity contribution in [2.75, 3.05) is 17.2 Å². The van der Waals surface area contributed by atoms with E-state index >= 15 is 0 Å². The van der Waals surface area contributed by atoms with Crippen molar-refractivity contribution in [1.82, 2.24) is 0 Å². The molecule has 3 nitrogen and oxygen atoms in total. The Morgan fingerprint density at radius 1 is 1.00 bits per heavy atom. The van der Waals surface area contributed by atoms with Crippen LogP contribution in [0, 0.1) is 5.82 Å². The van der Waals surface area contributed by atoms with E-state index in [1.165, 1.54) is 30.3 Å². The molecule has 0 atom stereocenters. The predicted molar refractivity (Wildman–Crippen MR) is 79.6 cm³/mol. The Morgan fingerprint density at radius 2 is 1.70 bits per heavy atom. The molecule has 122 valence electrons. The fourth-order valence-electron chi connectivity index (χ4n) is 1.92. The Morgan fingerprint density at radius 3 is 2.39 bits per heavy atom. The van der Waals surface area contributed by atoms with Crippen LogP contribution in [-0.4, -0.2) is 12.5 Å². The van der Waals surface area contributed by atoms with Gasteiger partial charge in [0.05, 0.1) is 5.56 Å². The molecular formula is C16H14F4N2O. The second-order valence-electron chi connectivity index (χ2n) is 4.81. The topological polar surface area (TPSA) is 41.1 Å². The number of anilines is 2. The Kier molecular flexibility index (Phi) is 5.20. The Bertz CT molecular complexity index is 686. The van der Waals surface area contributed by atoms with Gasteiger partial charge in [0, 0.05) is 24.3 Å². The zero-order valence-electron chi connectivity index (χ0n) is 12.0. The zero-order chi connectivity index (χ0) is 16.9. The minimum absolute atomic E-state index is 0.0345. The quantitative estimate of drug-likeness (QED) is 0.805. The molecule has 23 heavy (non-hydrogen) atoms. The van der Waals surface area contributed by atoms with E-state index in [1.54, 1.807) is 6.07 Å². The van der Waals surface area contributed by atoms with Crippen LogP contribution in [0.5, 0.6) is 0 Å². The van der Waals surface area contributed by atoms with Crippen LogP contribution >= 0.6 is 0 Å². The first-order valence-corrected chi connectivity index (χ1v) is 6.81. The lowest BCUT2D eigenvalue weighted by Gasteiger charge is -2.10. The van der Waals surface area contributed by atoms with Crippen LogP contribution in [0.15, 0.2) is 48.5 Å². The van der Waals surface area contributed by atoms with Gasteiger partial charge in [-0.3, -0.25) is 4.79 Å². The number of nitrogens with one attached hydrogen (secondary N) is 2. The van der Waals surface area contributed by atoms with Crippen molar-refractivity contribution < 1.29 is 22.4 Å². The van der Waals surface area contributed by atoms with E-state index in [4.69, 9.17) is 0 Å². The van der Waals surface area contributed by atoms with Gasteiger partial charge in [0.1, 0.15) is 5.82 Å². The van der Waals surface area contributed by atoms with Gasteiger partial charge in [0.15, 0.2) is 0 Å². The molecule has 0 aliphatic rings. The highest BCUT2D eigenvalue weighted by Gasteiger charge is 2.30. The molecule has 0 saturated heterocycles. The van der Waals surface area contributed by atoms with Crippen molar-refractivity contribution in [2.45, 2.75) is 12.6 Å². The highest BCUT2D eigenvalue weighted by molar-refractivity contribution is 5.91. The highest BCUT2D eigenvalue weighted by atomic mass is 19.4. The van der Waals surface area contributed by atoms with Gasteiger partial charge in [-0.05, 0) is 36.4 Å². The van der Waals surface area contributed by atoms with Gasteiger partial charge in [0.25, 0.3) is 0 Å². The average molecular weight is 326 g/mol. The van der Waals surface area contributed by atoms with Crippen molar-refractivity contribution >= 4 is 17.3 Å². The summed E-state index contributed by atoms with van der Waals surface area (Å²) in [7, 11) is 0. The molecule has 2 rings (SSSR count). The minimum atomic E-state index is -4.46. The molecule has 0 spiro atoms. The first kappa shape index (κ1) is 16.8. The largest absolute Gasteiger partial charge is 0.416 e. The third-order valence-electron chi connectivity index (χ3n) is 2.98. The van der Waals surface area contributed by atoms with Crippen LogP contribution in [0.2, 0.25) is 0 Å². The molecule has 2 aromatic carbocycles. The third kappa shape index (κ3) is 5.28. The Labute approximate surface area is 130 Å². The maximum Gasteiger partial charge on any atom is 0.416 e. The van der Waals surface area contributed by atoms with Crippen molar-refractivity contribution in [2.24, 2.45) is 0 Å². The monoisotopic (exact) mass is 326 g/mol. The van der Waals surface area contributed by atoms with E-state index in [9.17, 15) is 22.4 Å². The first-order valence-electron chi connectivity index (χ1n) is 6.81. The fourth-order valence-corrected chi connectivity index (χ4v) is 1.92. The highest BCUT2D eigenvalue weighted by Crippen LogP contribution is 2.30. The number of hydrogen-bond donors (Lipinski definition) is 2. The molecule has 0 radical (unpaired) electrons. The molecule has 2 aromatic rings. The first-order chi connectivity index (χ1) is 10.8. The lowest BCUT2D eigenvalue weighted by Crippen LogP contribution is -2.16. The Balaban J connectivity index is 1.85. The molecule has 0 aliphatic carbocycles. The van der Waals surface area contributed by atoms with Crippen LogP contribution in [0.3, 0.4) is 0 Å². The summed E-state index contributed by atoms with van der Waals surface area (Å²) >= 11 is 0. The van der Waals surface area contributed by atoms with Gasteiger partial charge in [-0.2, -0.15) is 13.2 Å². The molecule has 0 aromatic heterocycles. The van der Waals surface area contributed by atoms with E-state index in [-0.39, 0.29) is 18.7 Å². The molecule has 0 saturated carbocycles. The summed E-state index contributed by atoms with van der Waals surface area (Å²) in [5.41, 5.74) is -0.222. The number of rotatable bonds is 5. The second kappa shape index (κ2) is 7.13. The van der Waals surface area contributed by atoms with Gasteiger partial charge >= 0.3 is 6.18 Å². The van der Waals surface area contributed by atoms with Crippen LogP contribution in [-0.2, 0) is 11.0 Å². The molecule has 1 amide bonds. The summed E-state index contributed by atoms with van der Waals surface area (Å²) in [6.45, 7) is 0.230. The number of alkyl halides is 3. The maximum absolute atomic E-state index is 13.0. The van der Waals surface area contributed by atoms with Crippen LogP contribution in [0.4, 0.5) is 28.9 Å². The van der Waals surface area contributed by atoms with Gasteiger partial charge in [-0.1, -0.05) is 12.1 Å². The molecule has 0 bridgehead atoms. The predicted octanol–water partition coefficient (Wildman–Crippen LogP) is 4.29. The fraction of sp³-hybridized carbons (Fsp3) is 0.188. The van der Waals surface area contributed by atoms with E-state index in [1.807, 2.05) is 0 Å². The van der Waals surface area contributed by atoms with Crippen molar-refractivity contribution in [3.8, 4) is 0 Å². The standard InChI is InChI=1S/C16H14F4N2O/c17-12-4-2-5-13(10-12)21-8-7-15(23)22-14-6-1-3-11(9-14)16(18,19)20/h1-6,9-10,21H,7-8H2,(H,22,23). The maximum atomic E-state index is 13.0. The number of halogens is 4. The smallest absolute Gasteiger partial charge is 0.384 e. The number of carbonyl (C=O) groups excluding carboxylic acids is 1. The molecular weight excluding hydrogens is 312 g/mol. The average Bonchev–Trinajstić information content (AvgIpc) is 2.46. The van der Waals surface area contributed by atoms with Gasteiger partial charge in [-0.15, -0.1) is 0 Å². The third-order valence-corrected chi connectivity index (χ3v) is 2.98. The Hall–Kier alpha value is -2.57. The summed E-state index contributed by atoms with van der Waals surface area (Å²) in [6.07, 6.45) is -4.42. The van der Waals surface area contributed by atoms with E-state index in [2.05, 4.69) is 10.6 Å². The molecule has 0 heterocycles. The summed E-state index contributed by atoms with van der Waals surface area (Å²) in [5.74, 6) is -0.836. The molecule has 0 unspecified atom stereocenters. The van der Waals surface area contributed by atoms with Crippen LogP contribution in [0.25, 0.3) is 0 Å². The van der Waals surface area contributed by atoms with E-state index in [0.29, 0.717) is 5.69 Å². The molecule has 0 fully saturated rings. The van der Waals surface area contributed by atoms with Crippen molar-refractivity contribution in [3.05, 3.63) is 59.9 Å². The number of benzene rings is 2. The van der Waals surface area contributed by atoms with Crippen LogP contribution < -0.4 is 10.6 Å². The summed E-state index contributed by atoms with van der Waals surface area (Å²) in [4.78, 5) is 11.7. The number of hydrogen-bond acceptors (Lipinski definition) is 2. The van der Waals surface area contributed by atoms with Crippen LogP contribution in [0.1, 0.15) is 12.0 Å². The van der Waals surface area contributed by atoms with Gasteiger partial charge in [0.2, 0.25) is 5.91 Å². The van der Waals surface area contributed by atoms with Crippen molar-refractivity contribution in [1.29, 1.82) is 0 Å². The molecule has 2 N–H and O–H groups in total. The zero-order valence-corrected chi connectivity index (χ0v) is 12.0. The summed E-state index contributed by atoms with van der Waals surface area (Å²) in [6, 6.07) is 10.2. The van der Waals surface area contributed by atoms with Gasteiger partial charge in [-0.25, -0.2) is 4.39 Å².